The molecule has 4 N–H and O–H groups in total. The molecule has 0 aliphatic heterocycles. The first-order chi connectivity index (χ1) is 19.9. The summed E-state index contributed by atoms with van der Waals surface area (Å²) in [5.74, 6) is 0.632. The predicted octanol–water partition coefficient (Wildman–Crippen LogP) is 2.09. The zero-order valence-electron chi connectivity index (χ0n) is 22.8. The van der Waals surface area contributed by atoms with Gasteiger partial charge in [0.1, 0.15) is 23.6 Å². The second-order valence-electron chi connectivity index (χ2n) is 9.47. The van der Waals surface area contributed by atoms with Crippen LogP contribution in [0.3, 0.4) is 0 Å². The van der Waals surface area contributed by atoms with Gasteiger partial charge in [-0.05, 0) is 35.7 Å². The summed E-state index contributed by atoms with van der Waals surface area (Å²) in [7, 11) is 1.57. The molecular weight excluding hydrogens is 528 g/mol. The molecule has 0 unspecified atom stereocenters. The molecule has 216 valence electrons. The lowest BCUT2D eigenvalue weighted by Crippen LogP contribution is -2.47. The zero-order valence-corrected chi connectivity index (χ0v) is 22.8. The van der Waals surface area contributed by atoms with E-state index in [0.29, 0.717) is 11.3 Å². The van der Waals surface area contributed by atoms with Crippen LogP contribution in [0.25, 0.3) is 0 Å². The van der Waals surface area contributed by atoms with Crippen molar-refractivity contribution in [2.45, 2.75) is 31.0 Å². The number of H-pyrrole nitrogens is 1. The minimum absolute atomic E-state index is 0.215. The zero-order chi connectivity index (χ0) is 29.4. The van der Waals surface area contributed by atoms with Gasteiger partial charge in [0.05, 0.1) is 26.9 Å². The third kappa shape index (κ3) is 6.32. The van der Waals surface area contributed by atoms with Gasteiger partial charge in [0.25, 0.3) is 5.56 Å². The van der Waals surface area contributed by atoms with Gasteiger partial charge in [-0.25, -0.2) is 4.79 Å². The van der Waals surface area contributed by atoms with E-state index >= 15 is 0 Å². The largest absolute Gasteiger partial charge is 0.497 e. The monoisotopic (exact) mass is 562 g/mol. The number of hydrogen-bond donors (Lipinski definition) is 4. The van der Waals surface area contributed by atoms with Crippen molar-refractivity contribution in [2.75, 3.05) is 26.9 Å². The maximum absolute atomic E-state index is 13.0. The van der Waals surface area contributed by atoms with Crippen molar-refractivity contribution in [1.82, 2.24) is 9.55 Å². The van der Waals surface area contributed by atoms with Gasteiger partial charge in [0, 0.05) is 11.8 Å². The van der Waals surface area contributed by atoms with Crippen molar-refractivity contribution in [2.24, 2.45) is 0 Å². The molecule has 1 aromatic heterocycles. The number of aromatic amines is 1. The second kappa shape index (κ2) is 13.5. The highest BCUT2D eigenvalue weighted by Gasteiger charge is 2.43. The van der Waals surface area contributed by atoms with Crippen molar-refractivity contribution < 1.29 is 29.5 Å². The lowest BCUT2D eigenvalue weighted by atomic mass is 9.79. The van der Waals surface area contributed by atoms with Crippen LogP contribution in [0.2, 0.25) is 0 Å². The van der Waals surface area contributed by atoms with E-state index in [2.05, 4.69) is 4.98 Å². The summed E-state index contributed by atoms with van der Waals surface area (Å²) >= 11 is 0. The highest BCUT2D eigenvalue weighted by Crippen LogP contribution is 2.43. The topological polar surface area (TPSA) is 143 Å². The van der Waals surface area contributed by atoms with Gasteiger partial charge in [0.15, 0.2) is 6.23 Å². The summed E-state index contributed by atoms with van der Waals surface area (Å²) in [5.41, 5.74) is -0.367. The summed E-state index contributed by atoms with van der Waals surface area (Å²) in [4.78, 5) is 27.4. The van der Waals surface area contributed by atoms with E-state index in [9.17, 15) is 24.9 Å². The molecule has 10 nitrogen and oxygen atoms in total. The van der Waals surface area contributed by atoms with Crippen LogP contribution in [0.4, 0.5) is 0 Å². The first kappa shape index (κ1) is 29.9. The number of aromatic nitrogens is 2. The third-order valence-corrected chi connectivity index (χ3v) is 6.84. The summed E-state index contributed by atoms with van der Waals surface area (Å²) < 4.78 is 19.4. The van der Waals surface area contributed by atoms with Gasteiger partial charge >= 0.3 is 5.69 Å². The molecule has 0 spiro atoms. The minimum Gasteiger partial charge on any atom is -0.497 e. The van der Waals surface area contributed by atoms with E-state index in [0.717, 1.165) is 15.7 Å². The number of hydrogen-bond acceptors (Lipinski definition) is 8. The molecule has 1 heterocycles. The maximum Gasteiger partial charge on any atom is 0.330 e. The molecule has 0 radical (unpaired) electrons. The number of nitrogens with zero attached hydrogens (tertiary/aromatic N) is 1. The first-order valence-electron chi connectivity index (χ1n) is 13.1. The molecular formula is C31H34N2O8. The molecule has 10 heteroatoms. The van der Waals surface area contributed by atoms with Crippen LogP contribution in [-0.4, -0.2) is 64.0 Å². The Balaban J connectivity index is 1.97. The van der Waals surface area contributed by atoms with Crippen molar-refractivity contribution in [3.8, 4) is 5.75 Å². The summed E-state index contributed by atoms with van der Waals surface area (Å²) in [6.45, 7) is -0.241. The van der Waals surface area contributed by atoms with Crippen LogP contribution in [0.15, 0.2) is 101 Å². The first-order valence-corrected chi connectivity index (χ1v) is 13.1. The SMILES string of the molecule is COc1ccc(C(O[C@H](CO)[C@@H](OC(CO)CO)n2cc(C)c(=O)[nH]c2=O)(c2ccccc2)c2ccccc2)cc1. The maximum atomic E-state index is 13.0. The quantitative estimate of drug-likeness (QED) is 0.182. The number of methoxy groups -OCH3 is 1. The van der Waals surface area contributed by atoms with Gasteiger partial charge < -0.3 is 29.5 Å². The molecule has 4 aromatic rings. The van der Waals surface area contributed by atoms with Crippen LogP contribution in [0, 0.1) is 6.92 Å². The Kier molecular flexibility index (Phi) is 9.87. The standard InChI is InChI=1S/C31H34N2O8/c1-21-17-33(30(38)32-28(21)37)29(40-26(18-34)19-35)27(20-36)41-31(22-9-5-3-6-10-22,23-11-7-4-8-12-23)24-13-15-25(39-2)16-14-24/h3-17,26-27,29,34-36H,18-20H2,1-2H3,(H,32,37,38)/t27-,29-/m1/s1. The molecule has 3 aromatic carbocycles. The fourth-order valence-electron chi connectivity index (χ4n) is 4.74. The normalized spacial score (nSPS) is 13.2. The number of aliphatic hydroxyl groups is 3. The molecule has 41 heavy (non-hydrogen) atoms. The molecule has 0 fully saturated rings. The van der Waals surface area contributed by atoms with E-state index in [-0.39, 0.29) is 5.56 Å². The molecule has 0 aliphatic carbocycles. The van der Waals surface area contributed by atoms with Crippen molar-refractivity contribution in [3.05, 3.63) is 134 Å². The summed E-state index contributed by atoms with van der Waals surface area (Å²) in [6, 6.07) is 26.1. The molecule has 4 rings (SSSR count). The Morgan fingerprint density at radius 3 is 1.83 bits per heavy atom. The van der Waals surface area contributed by atoms with Gasteiger partial charge in [-0.2, -0.15) is 0 Å². The van der Waals surface area contributed by atoms with Gasteiger partial charge in [-0.3, -0.25) is 14.3 Å². The average molecular weight is 563 g/mol. The number of aliphatic hydroxyl groups excluding tert-OH is 3. The third-order valence-electron chi connectivity index (χ3n) is 6.84. The number of rotatable bonds is 13. The number of ether oxygens (including phenoxy) is 3. The molecule has 0 bridgehead atoms. The minimum atomic E-state index is -1.36. The lowest BCUT2D eigenvalue weighted by Gasteiger charge is -2.41. The molecule has 0 saturated carbocycles. The van der Waals surface area contributed by atoms with Gasteiger partial charge in [0.2, 0.25) is 0 Å². The number of aryl methyl sites for hydroxylation is 1. The van der Waals surface area contributed by atoms with E-state index in [1.807, 2.05) is 72.8 Å². The highest BCUT2D eigenvalue weighted by molar-refractivity contribution is 5.48. The van der Waals surface area contributed by atoms with Crippen LogP contribution in [0.1, 0.15) is 28.5 Å². The molecule has 2 atom stereocenters. The van der Waals surface area contributed by atoms with E-state index in [1.54, 1.807) is 19.2 Å². The fraction of sp³-hybridized carbons (Fsp3) is 0.290. The summed E-state index contributed by atoms with van der Waals surface area (Å²) in [6.07, 6.45) is -2.43. The average Bonchev–Trinajstić information content (AvgIpc) is 3.02. The van der Waals surface area contributed by atoms with Crippen molar-refractivity contribution in [1.29, 1.82) is 0 Å². The Morgan fingerprint density at radius 2 is 1.34 bits per heavy atom. The Hall–Kier alpha value is -4.06. The molecule has 0 aliphatic rings. The number of benzene rings is 3. The Morgan fingerprint density at radius 1 is 0.805 bits per heavy atom. The van der Waals surface area contributed by atoms with E-state index in [1.165, 1.54) is 13.1 Å². The summed E-state index contributed by atoms with van der Waals surface area (Å²) in [5, 5.41) is 30.4. The second-order valence-corrected chi connectivity index (χ2v) is 9.47. The van der Waals surface area contributed by atoms with Crippen LogP contribution in [0.5, 0.6) is 5.75 Å². The van der Waals surface area contributed by atoms with Crippen LogP contribution >= 0.6 is 0 Å². The van der Waals surface area contributed by atoms with Crippen LogP contribution in [-0.2, 0) is 15.1 Å². The molecule has 0 amide bonds. The van der Waals surface area contributed by atoms with E-state index < -0.39 is 55.1 Å². The van der Waals surface area contributed by atoms with Crippen molar-refractivity contribution in [3.63, 3.8) is 0 Å². The van der Waals surface area contributed by atoms with Gasteiger partial charge in [-0.15, -0.1) is 0 Å². The van der Waals surface area contributed by atoms with Crippen LogP contribution < -0.4 is 16.0 Å². The predicted molar refractivity (Wildman–Crippen MR) is 152 cm³/mol. The lowest BCUT2D eigenvalue weighted by molar-refractivity contribution is -0.192. The van der Waals surface area contributed by atoms with E-state index in [4.69, 9.17) is 14.2 Å². The Bertz CT molecular complexity index is 1460. The Labute approximate surface area is 237 Å². The molecule has 0 saturated heterocycles. The number of nitrogens with one attached hydrogen (secondary N) is 1. The highest BCUT2D eigenvalue weighted by atomic mass is 16.6. The fourth-order valence-corrected chi connectivity index (χ4v) is 4.74. The van der Waals surface area contributed by atoms with Crippen molar-refractivity contribution >= 4 is 0 Å². The smallest absolute Gasteiger partial charge is 0.330 e. The van der Waals surface area contributed by atoms with Gasteiger partial charge in [-0.1, -0.05) is 72.8 Å².